The molecule has 3 rings (SSSR count). The molecule has 0 atom stereocenters. The maximum absolute atomic E-state index is 6.13. The minimum absolute atomic E-state index is 0. The summed E-state index contributed by atoms with van der Waals surface area (Å²) in [6, 6.07) is 6.49. The monoisotopic (exact) mass is 503 g/mol. The molecule has 3 N–H and O–H groups in total. The van der Waals surface area contributed by atoms with Crippen LogP contribution in [-0.2, 0) is 6.42 Å². The summed E-state index contributed by atoms with van der Waals surface area (Å²) in [5.41, 5.74) is 2.41. The van der Waals surface area contributed by atoms with Crippen LogP contribution < -0.4 is 10.6 Å². The Bertz CT molecular complexity index is 737. The van der Waals surface area contributed by atoms with Crippen molar-refractivity contribution in [2.24, 2.45) is 4.99 Å². The van der Waals surface area contributed by atoms with Crippen molar-refractivity contribution in [2.45, 2.75) is 38.6 Å². The van der Waals surface area contributed by atoms with E-state index in [0.717, 1.165) is 29.5 Å². The van der Waals surface area contributed by atoms with E-state index in [4.69, 9.17) is 11.6 Å². The number of halogens is 2. The van der Waals surface area contributed by atoms with Gasteiger partial charge in [-0.05, 0) is 56.0 Å². The lowest BCUT2D eigenvalue weighted by Crippen LogP contribution is -2.49. The number of piperidine rings is 1. The molecule has 0 aliphatic carbocycles. The van der Waals surface area contributed by atoms with Crippen molar-refractivity contribution in [2.75, 3.05) is 33.2 Å². The molecule has 5 nitrogen and oxygen atoms in total. The normalized spacial score (nSPS) is 16.3. The van der Waals surface area contributed by atoms with Crippen molar-refractivity contribution in [1.29, 1.82) is 0 Å². The zero-order chi connectivity index (χ0) is 18.4. The number of aliphatic imine (C=N–C) groups is 1. The lowest BCUT2D eigenvalue weighted by molar-refractivity contribution is 0.206. The van der Waals surface area contributed by atoms with Gasteiger partial charge in [-0.15, -0.1) is 24.0 Å². The molecule has 0 unspecified atom stereocenters. The summed E-state index contributed by atoms with van der Waals surface area (Å²) in [7, 11) is 1.84. The van der Waals surface area contributed by atoms with Gasteiger partial charge in [0, 0.05) is 54.8 Å². The highest BCUT2D eigenvalue weighted by atomic mass is 127. The number of fused-ring (bicyclic) bond motifs is 1. The Hall–Kier alpha value is -0.990. The third-order valence-corrected chi connectivity index (χ3v) is 5.34. The van der Waals surface area contributed by atoms with Gasteiger partial charge in [-0.25, -0.2) is 0 Å². The summed E-state index contributed by atoms with van der Waals surface area (Å²) >= 11 is 6.13. The average Bonchev–Trinajstić information content (AvgIpc) is 3.05. The number of hydrogen-bond acceptors (Lipinski definition) is 2. The summed E-state index contributed by atoms with van der Waals surface area (Å²) < 4.78 is 0. The summed E-state index contributed by atoms with van der Waals surface area (Å²) in [6.45, 7) is 6.66. The standard InChI is InChI=1S/C20H30ClN5.HI/c1-3-10-26-11-7-17(8-12-26)25-20(22-2)23-9-6-15-14-24-19-5-4-16(21)13-18(15)19;/h4-5,13-14,17,24H,3,6-12H2,1-2H3,(H2,22,23,25);1H. The van der Waals surface area contributed by atoms with Gasteiger partial charge in [-0.1, -0.05) is 18.5 Å². The van der Waals surface area contributed by atoms with E-state index in [2.05, 4.69) is 38.6 Å². The molecule has 1 fully saturated rings. The molecule has 1 aliphatic heterocycles. The van der Waals surface area contributed by atoms with Gasteiger partial charge in [0.2, 0.25) is 0 Å². The zero-order valence-electron chi connectivity index (χ0n) is 16.2. The van der Waals surface area contributed by atoms with Crippen LogP contribution in [0.15, 0.2) is 29.4 Å². The molecule has 150 valence electrons. The van der Waals surface area contributed by atoms with Gasteiger partial charge in [0.05, 0.1) is 0 Å². The molecule has 1 saturated heterocycles. The minimum Gasteiger partial charge on any atom is -0.361 e. The molecule has 0 spiro atoms. The molecule has 7 heteroatoms. The van der Waals surface area contributed by atoms with Gasteiger partial charge in [0.25, 0.3) is 0 Å². The second-order valence-corrected chi connectivity index (χ2v) is 7.45. The molecule has 2 heterocycles. The Balaban J connectivity index is 0.00000261. The predicted molar refractivity (Wildman–Crippen MR) is 127 cm³/mol. The lowest BCUT2D eigenvalue weighted by Gasteiger charge is -2.32. The van der Waals surface area contributed by atoms with Crippen molar-refractivity contribution >= 4 is 52.4 Å². The fourth-order valence-corrected chi connectivity index (χ4v) is 3.85. The molecule has 1 aromatic carbocycles. The molecule has 0 saturated carbocycles. The van der Waals surface area contributed by atoms with E-state index in [0.29, 0.717) is 6.04 Å². The Kier molecular flexibility index (Phi) is 9.18. The number of aromatic nitrogens is 1. The predicted octanol–water partition coefficient (Wildman–Crippen LogP) is 4.02. The second-order valence-electron chi connectivity index (χ2n) is 7.01. The third kappa shape index (κ3) is 6.26. The molecule has 1 aliphatic rings. The van der Waals surface area contributed by atoms with E-state index >= 15 is 0 Å². The number of rotatable bonds is 6. The van der Waals surface area contributed by atoms with Crippen LogP contribution in [0, 0.1) is 0 Å². The minimum atomic E-state index is 0. The average molecular weight is 504 g/mol. The van der Waals surface area contributed by atoms with Crippen molar-refractivity contribution < 1.29 is 0 Å². The van der Waals surface area contributed by atoms with Gasteiger partial charge in [-0.2, -0.15) is 0 Å². The van der Waals surface area contributed by atoms with Crippen molar-refractivity contribution in [3.8, 4) is 0 Å². The van der Waals surface area contributed by atoms with Gasteiger partial charge in [-0.3, -0.25) is 4.99 Å². The number of nitrogens with one attached hydrogen (secondary N) is 3. The van der Waals surface area contributed by atoms with E-state index in [-0.39, 0.29) is 24.0 Å². The number of guanidine groups is 1. The molecular formula is C20H31ClIN5. The van der Waals surface area contributed by atoms with E-state index in [1.807, 2.05) is 25.2 Å². The van der Waals surface area contributed by atoms with Crippen LogP contribution in [0.25, 0.3) is 10.9 Å². The van der Waals surface area contributed by atoms with Gasteiger partial charge in [0.15, 0.2) is 5.96 Å². The summed E-state index contributed by atoms with van der Waals surface area (Å²) in [5.74, 6) is 0.900. The SMILES string of the molecule is CCCN1CCC(NC(=NC)NCCc2c[nH]c3ccc(Cl)cc23)CC1.I. The zero-order valence-corrected chi connectivity index (χ0v) is 19.3. The Morgan fingerprint density at radius 3 is 2.81 bits per heavy atom. The molecule has 1 aromatic heterocycles. The smallest absolute Gasteiger partial charge is 0.191 e. The van der Waals surface area contributed by atoms with E-state index < -0.39 is 0 Å². The summed E-state index contributed by atoms with van der Waals surface area (Å²) in [4.78, 5) is 10.2. The van der Waals surface area contributed by atoms with Crippen LogP contribution >= 0.6 is 35.6 Å². The van der Waals surface area contributed by atoms with Crippen molar-refractivity contribution in [3.63, 3.8) is 0 Å². The van der Waals surface area contributed by atoms with Gasteiger partial charge >= 0.3 is 0 Å². The highest BCUT2D eigenvalue weighted by molar-refractivity contribution is 14.0. The number of aromatic amines is 1. The summed E-state index contributed by atoms with van der Waals surface area (Å²) in [6.07, 6.45) is 6.60. The van der Waals surface area contributed by atoms with E-state index in [1.54, 1.807) is 0 Å². The van der Waals surface area contributed by atoms with Crippen LogP contribution in [0.1, 0.15) is 31.7 Å². The first kappa shape index (κ1) is 22.3. The van der Waals surface area contributed by atoms with Crippen molar-refractivity contribution in [1.82, 2.24) is 20.5 Å². The fraction of sp³-hybridized carbons (Fsp3) is 0.550. The fourth-order valence-electron chi connectivity index (χ4n) is 3.68. The molecule has 0 amide bonds. The molecule has 0 radical (unpaired) electrons. The van der Waals surface area contributed by atoms with Crippen LogP contribution in [0.2, 0.25) is 5.02 Å². The van der Waals surface area contributed by atoms with Crippen LogP contribution in [-0.4, -0.2) is 55.1 Å². The maximum atomic E-state index is 6.13. The molecule has 0 bridgehead atoms. The third-order valence-electron chi connectivity index (χ3n) is 5.11. The molecular weight excluding hydrogens is 473 g/mol. The number of hydrogen-bond donors (Lipinski definition) is 3. The number of likely N-dealkylation sites (tertiary alicyclic amines) is 1. The number of H-pyrrole nitrogens is 1. The Morgan fingerprint density at radius 1 is 1.33 bits per heavy atom. The first-order valence-electron chi connectivity index (χ1n) is 9.64. The quantitative estimate of drug-likeness (QED) is 0.317. The second kappa shape index (κ2) is 11.1. The van der Waals surface area contributed by atoms with Crippen LogP contribution in [0.3, 0.4) is 0 Å². The number of benzene rings is 1. The number of nitrogens with zero attached hydrogens (tertiary/aromatic N) is 2. The molecule has 27 heavy (non-hydrogen) atoms. The lowest BCUT2D eigenvalue weighted by atomic mass is 10.1. The van der Waals surface area contributed by atoms with Crippen LogP contribution in [0.5, 0.6) is 0 Å². The highest BCUT2D eigenvalue weighted by Crippen LogP contribution is 2.22. The first-order valence-corrected chi connectivity index (χ1v) is 10.0. The van der Waals surface area contributed by atoms with Crippen molar-refractivity contribution in [3.05, 3.63) is 35.0 Å². The topological polar surface area (TPSA) is 55.4 Å². The summed E-state index contributed by atoms with van der Waals surface area (Å²) in [5, 5.41) is 9.00. The van der Waals surface area contributed by atoms with Gasteiger partial charge in [0.1, 0.15) is 0 Å². The molecule has 2 aromatic rings. The van der Waals surface area contributed by atoms with Gasteiger partial charge < -0.3 is 20.5 Å². The highest BCUT2D eigenvalue weighted by Gasteiger charge is 2.19. The van der Waals surface area contributed by atoms with Crippen LogP contribution in [0.4, 0.5) is 0 Å². The Labute approximate surface area is 184 Å². The maximum Gasteiger partial charge on any atom is 0.191 e. The largest absolute Gasteiger partial charge is 0.361 e. The Morgan fingerprint density at radius 2 is 2.11 bits per heavy atom. The van der Waals surface area contributed by atoms with E-state index in [9.17, 15) is 0 Å². The first-order chi connectivity index (χ1) is 12.7. The van der Waals surface area contributed by atoms with E-state index in [1.165, 1.54) is 49.8 Å².